The van der Waals surface area contributed by atoms with E-state index in [9.17, 15) is 0 Å². The van der Waals surface area contributed by atoms with Crippen molar-refractivity contribution in [2.24, 2.45) is 5.73 Å². The zero-order valence-electron chi connectivity index (χ0n) is 8.30. The van der Waals surface area contributed by atoms with Gasteiger partial charge in [-0.15, -0.1) is 0 Å². The number of thiocarbonyl (C=S) groups is 1. The first-order valence-electron chi connectivity index (χ1n) is 4.27. The van der Waals surface area contributed by atoms with Crippen LogP contribution in [0.2, 0.25) is 0 Å². The van der Waals surface area contributed by atoms with Crippen LogP contribution in [0.1, 0.15) is 5.56 Å². The Morgan fingerprint density at radius 1 is 1.53 bits per heavy atom. The van der Waals surface area contributed by atoms with Crippen molar-refractivity contribution in [3.8, 4) is 11.9 Å². The second-order valence-electron chi connectivity index (χ2n) is 2.87. The molecule has 0 aliphatic carbocycles. The van der Waals surface area contributed by atoms with E-state index in [1.165, 1.54) is 4.90 Å². The van der Waals surface area contributed by atoms with Crippen molar-refractivity contribution >= 4 is 17.3 Å². The van der Waals surface area contributed by atoms with E-state index >= 15 is 0 Å². The van der Waals surface area contributed by atoms with Crippen LogP contribution in [0.3, 0.4) is 0 Å². The molecular formula is C10H11N3OS. The molecule has 1 rings (SSSR count). The lowest BCUT2D eigenvalue weighted by Gasteiger charge is -2.12. The number of nitrogens with zero attached hydrogens (tertiary/aromatic N) is 2. The van der Waals surface area contributed by atoms with Gasteiger partial charge in [0.05, 0.1) is 13.7 Å². The van der Waals surface area contributed by atoms with Gasteiger partial charge >= 0.3 is 0 Å². The van der Waals surface area contributed by atoms with Crippen LogP contribution in [0.15, 0.2) is 24.3 Å². The SMILES string of the molecule is COc1ccc(CN(C#N)C(N)=S)cc1. The fourth-order valence-electron chi connectivity index (χ4n) is 1.08. The van der Waals surface area contributed by atoms with Crippen LogP contribution < -0.4 is 10.5 Å². The van der Waals surface area contributed by atoms with Gasteiger partial charge in [0.15, 0.2) is 11.3 Å². The lowest BCUT2D eigenvalue weighted by molar-refractivity contribution is 0.414. The molecule has 0 aromatic heterocycles. The standard InChI is InChI=1S/C10H11N3OS/c1-14-9-4-2-8(3-5-9)6-13(7-11)10(12)15/h2-5H,6H2,1H3,(H2,12,15). The predicted octanol–water partition coefficient (Wildman–Crippen LogP) is 1.22. The van der Waals surface area contributed by atoms with E-state index in [1.54, 1.807) is 7.11 Å². The van der Waals surface area contributed by atoms with Crippen LogP contribution in [0.4, 0.5) is 0 Å². The minimum Gasteiger partial charge on any atom is -0.497 e. The highest BCUT2D eigenvalue weighted by Crippen LogP contribution is 2.12. The lowest BCUT2D eigenvalue weighted by Crippen LogP contribution is -2.30. The summed E-state index contributed by atoms with van der Waals surface area (Å²) in [6.45, 7) is 0.385. The Hall–Kier alpha value is -1.80. The van der Waals surface area contributed by atoms with Crippen LogP contribution >= 0.6 is 12.2 Å². The summed E-state index contributed by atoms with van der Waals surface area (Å²) in [6, 6.07) is 7.37. The molecule has 4 nitrogen and oxygen atoms in total. The molecule has 0 heterocycles. The molecule has 0 aliphatic rings. The lowest BCUT2D eigenvalue weighted by atomic mass is 10.2. The van der Waals surface area contributed by atoms with Crippen molar-refractivity contribution < 1.29 is 4.74 Å². The van der Waals surface area contributed by atoms with E-state index in [4.69, 9.17) is 28.0 Å². The molecule has 0 saturated heterocycles. The van der Waals surface area contributed by atoms with Crippen LogP contribution in [0.5, 0.6) is 5.75 Å². The van der Waals surface area contributed by atoms with Gasteiger partial charge in [0.25, 0.3) is 0 Å². The largest absolute Gasteiger partial charge is 0.497 e. The molecule has 0 amide bonds. The number of nitriles is 1. The van der Waals surface area contributed by atoms with E-state index in [0.717, 1.165) is 11.3 Å². The fraction of sp³-hybridized carbons (Fsp3) is 0.200. The van der Waals surface area contributed by atoms with Gasteiger partial charge in [0.2, 0.25) is 0 Å². The first-order chi connectivity index (χ1) is 7.17. The molecule has 0 radical (unpaired) electrons. The van der Waals surface area contributed by atoms with Crippen LogP contribution in [0, 0.1) is 11.5 Å². The highest BCUT2D eigenvalue weighted by Gasteiger charge is 2.05. The van der Waals surface area contributed by atoms with Gasteiger partial charge in [0.1, 0.15) is 5.75 Å². The number of ether oxygens (including phenoxy) is 1. The third kappa shape index (κ3) is 3.11. The third-order valence-electron chi connectivity index (χ3n) is 1.89. The van der Waals surface area contributed by atoms with E-state index in [-0.39, 0.29) is 5.11 Å². The summed E-state index contributed by atoms with van der Waals surface area (Å²) in [5.74, 6) is 0.776. The number of rotatable bonds is 3. The molecule has 0 bridgehead atoms. The van der Waals surface area contributed by atoms with E-state index in [0.29, 0.717) is 6.54 Å². The number of benzene rings is 1. The number of hydrogen-bond acceptors (Lipinski definition) is 3. The molecule has 0 saturated carbocycles. The molecular weight excluding hydrogens is 210 g/mol. The van der Waals surface area contributed by atoms with Crippen LogP contribution in [-0.4, -0.2) is 17.1 Å². The van der Waals surface area contributed by atoms with Crippen molar-refractivity contribution in [2.75, 3.05) is 7.11 Å². The Balaban J connectivity index is 2.72. The molecule has 2 N–H and O–H groups in total. The minimum absolute atomic E-state index is 0.0771. The summed E-state index contributed by atoms with van der Waals surface area (Å²) >= 11 is 4.72. The second kappa shape index (κ2) is 5.17. The Morgan fingerprint density at radius 3 is 2.53 bits per heavy atom. The molecule has 5 heteroatoms. The van der Waals surface area contributed by atoms with Gasteiger partial charge < -0.3 is 10.5 Å². The highest BCUT2D eigenvalue weighted by atomic mass is 32.1. The van der Waals surface area contributed by atoms with Gasteiger partial charge in [0, 0.05) is 0 Å². The molecule has 0 aliphatic heterocycles. The first-order valence-corrected chi connectivity index (χ1v) is 4.68. The zero-order valence-corrected chi connectivity index (χ0v) is 9.12. The van der Waals surface area contributed by atoms with Gasteiger partial charge in [-0.05, 0) is 29.9 Å². The van der Waals surface area contributed by atoms with E-state index < -0.39 is 0 Å². The molecule has 1 aromatic rings. The predicted molar refractivity (Wildman–Crippen MR) is 60.9 cm³/mol. The maximum atomic E-state index is 8.74. The van der Waals surface area contributed by atoms with Crippen LogP contribution in [0.25, 0.3) is 0 Å². The monoisotopic (exact) mass is 221 g/mol. The third-order valence-corrected chi connectivity index (χ3v) is 2.11. The number of nitrogens with two attached hydrogens (primary N) is 1. The molecule has 15 heavy (non-hydrogen) atoms. The molecule has 1 aromatic carbocycles. The fourth-order valence-corrected chi connectivity index (χ4v) is 1.18. The molecule has 0 spiro atoms. The average molecular weight is 221 g/mol. The van der Waals surface area contributed by atoms with Crippen molar-refractivity contribution in [3.05, 3.63) is 29.8 Å². The van der Waals surface area contributed by atoms with Crippen molar-refractivity contribution in [1.82, 2.24) is 4.90 Å². The molecule has 0 unspecified atom stereocenters. The average Bonchev–Trinajstić information content (AvgIpc) is 2.26. The smallest absolute Gasteiger partial charge is 0.186 e. The Labute approximate surface area is 93.9 Å². The summed E-state index contributed by atoms with van der Waals surface area (Å²) in [5, 5.41) is 8.82. The maximum absolute atomic E-state index is 8.74. The van der Waals surface area contributed by atoms with Gasteiger partial charge in [-0.2, -0.15) is 5.26 Å². The van der Waals surface area contributed by atoms with Gasteiger partial charge in [-0.25, -0.2) is 0 Å². The molecule has 0 fully saturated rings. The Kier molecular flexibility index (Phi) is 3.89. The van der Waals surface area contributed by atoms with Crippen molar-refractivity contribution in [1.29, 1.82) is 5.26 Å². The van der Waals surface area contributed by atoms with Gasteiger partial charge in [-0.1, -0.05) is 12.1 Å². The van der Waals surface area contributed by atoms with Crippen LogP contribution in [-0.2, 0) is 6.54 Å². The second-order valence-corrected chi connectivity index (χ2v) is 3.29. The zero-order chi connectivity index (χ0) is 11.3. The Bertz CT molecular complexity index is 383. The topological polar surface area (TPSA) is 62.3 Å². The number of methoxy groups -OCH3 is 1. The van der Waals surface area contributed by atoms with Gasteiger partial charge in [-0.3, -0.25) is 4.90 Å². The summed E-state index contributed by atoms with van der Waals surface area (Å²) < 4.78 is 5.02. The number of hydrogen-bond donors (Lipinski definition) is 1. The summed E-state index contributed by atoms with van der Waals surface area (Å²) in [7, 11) is 1.60. The summed E-state index contributed by atoms with van der Waals surface area (Å²) in [6.07, 6.45) is 1.91. The quantitative estimate of drug-likeness (QED) is 0.472. The highest BCUT2D eigenvalue weighted by molar-refractivity contribution is 7.80. The normalized spacial score (nSPS) is 9.07. The van der Waals surface area contributed by atoms with E-state index in [2.05, 4.69) is 0 Å². The first kappa shape index (κ1) is 11.3. The minimum atomic E-state index is 0.0771. The summed E-state index contributed by atoms with van der Waals surface area (Å²) in [4.78, 5) is 1.25. The molecule has 78 valence electrons. The van der Waals surface area contributed by atoms with Crippen molar-refractivity contribution in [2.45, 2.75) is 6.54 Å². The van der Waals surface area contributed by atoms with Crippen molar-refractivity contribution in [3.63, 3.8) is 0 Å². The molecule has 0 atom stereocenters. The Morgan fingerprint density at radius 2 is 2.13 bits per heavy atom. The van der Waals surface area contributed by atoms with E-state index in [1.807, 2.05) is 30.5 Å². The maximum Gasteiger partial charge on any atom is 0.186 e. The summed E-state index contributed by atoms with van der Waals surface area (Å²) in [5.41, 5.74) is 6.31.